The standard InChI is InChI=1S/C24H27N3O3S/c1-2-23-22(16-25-27(23)17-18-8-4-3-5-9-18)24(28)26-19-12-14-21(15-13-19)31(29,30)20-10-6-7-11-20/h3-5,8-9,12-16,20H,2,6-7,10-11,17H2,1H3,(H,26,28). The Balaban J connectivity index is 1.48. The van der Waals surface area contributed by atoms with E-state index in [4.69, 9.17) is 0 Å². The number of nitrogens with zero attached hydrogens (tertiary/aromatic N) is 2. The minimum Gasteiger partial charge on any atom is -0.322 e. The number of hydrogen-bond acceptors (Lipinski definition) is 4. The van der Waals surface area contributed by atoms with E-state index in [0.29, 0.717) is 29.1 Å². The van der Waals surface area contributed by atoms with E-state index >= 15 is 0 Å². The van der Waals surface area contributed by atoms with E-state index < -0.39 is 9.84 Å². The van der Waals surface area contributed by atoms with Gasteiger partial charge in [-0.1, -0.05) is 50.1 Å². The van der Waals surface area contributed by atoms with E-state index in [-0.39, 0.29) is 11.2 Å². The summed E-state index contributed by atoms with van der Waals surface area (Å²) in [6.45, 7) is 2.60. The van der Waals surface area contributed by atoms with Crippen LogP contribution in [0.5, 0.6) is 0 Å². The summed E-state index contributed by atoms with van der Waals surface area (Å²) in [5.41, 5.74) is 3.07. The molecule has 0 bridgehead atoms. The predicted molar refractivity (Wildman–Crippen MR) is 121 cm³/mol. The van der Waals surface area contributed by atoms with Crippen LogP contribution in [-0.4, -0.2) is 29.4 Å². The fourth-order valence-electron chi connectivity index (χ4n) is 4.18. The number of aromatic nitrogens is 2. The van der Waals surface area contributed by atoms with Gasteiger partial charge in [-0.25, -0.2) is 8.42 Å². The second kappa shape index (κ2) is 9.06. The first-order valence-corrected chi connectivity index (χ1v) is 12.3. The molecule has 1 saturated carbocycles. The molecule has 31 heavy (non-hydrogen) atoms. The molecule has 6 nitrogen and oxygen atoms in total. The maximum Gasteiger partial charge on any atom is 0.259 e. The Hall–Kier alpha value is -2.93. The lowest BCUT2D eigenvalue weighted by atomic mass is 10.1. The molecule has 0 spiro atoms. The number of sulfone groups is 1. The zero-order valence-electron chi connectivity index (χ0n) is 17.6. The number of benzene rings is 2. The molecule has 1 amide bonds. The van der Waals surface area contributed by atoms with Crippen molar-refractivity contribution in [1.29, 1.82) is 0 Å². The monoisotopic (exact) mass is 437 g/mol. The third kappa shape index (κ3) is 4.56. The highest BCUT2D eigenvalue weighted by Crippen LogP contribution is 2.30. The molecule has 162 valence electrons. The minimum atomic E-state index is -3.30. The summed E-state index contributed by atoms with van der Waals surface area (Å²) in [6.07, 6.45) is 5.66. The summed E-state index contributed by atoms with van der Waals surface area (Å²) < 4.78 is 27.3. The molecule has 4 rings (SSSR count). The van der Waals surface area contributed by atoms with E-state index in [1.807, 2.05) is 41.9 Å². The van der Waals surface area contributed by atoms with Crippen molar-refractivity contribution in [3.8, 4) is 0 Å². The van der Waals surface area contributed by atoms with Crippen molar-refractivity contribution in [2.45, 2.75) is 55.7 Å². The normalized spacial score (nSPS) is 14.6. The van der Waals surface area contributed by atoms with Crippen LogP contribution in [0.15, 0.2) is 65.7 Å². The first-order chi connectivity index (χ1) is 15.0. The highest BCUT2D eigenvalue weighted by Gasteiger charge is 2.30. The first-order valence-electron chi connectivity index (χ1n) is 10.7. The number of anilines is 1. The largest absolute Gasteiger partial charge is 0.322 e. The zero-order valence-corrected chi connectivity index (χ0v) is 18.4. The summed E-state index contributed by atoms with van der Waals surface area (Å²) >= 11 is 0. The van der Waals surface area contributed by atoms with Crippen molar-refractivity contribution >= 4 is 21.4 Å². The fourth-order valence-corrected chi connectivity index (χ4v) is 6.04. The van der Waals surface area contributed by atoms with E-state index in [9.17, 15) is 13.2 Å². The van der Waals surface area contributed by atoms with Crippen molar-refractivity contribution in [2.24, 2.45) is 0 Å². The molecule has 1 N–H and O–H groups in total. The van der Waals surface area contributed by atoms with Gasteiger partial charge in [0.25, 0.3) is 5.91 Å². The van der Waals surface area contributed by atoms with Crippen molar-refractivity contribution in [1.82, 2.24) is 9.78 Å². The Morgan fingerprint density at radius 3 is 2.39 bits per heavy atom. The summed E-state index contributed by atoms with van der Waals surface area (Å²) in [6, 6.07) is 16.5. The molecular formula is C24H27N3O3S. The van der Waals surface area contributed by atoms with Crippen LogP contribution in [0.1, 0.15) is 54.2 Å². The SMILES string of the molecule is CCc1c(C(=O)Nc2ccc(S(=O)(=O)C3CCCC3)cc2)cnn1Cc1ccccc1. The van der Waals surface area contributed by atoms with Crippen LogP contribution in [0.25, 0.3) is 0 Å². The van der Waals surface area contributed by atoms with Crippen LogP contribution in [0.2, 0.25) is 0 Å². The molecule has 1 fully saturated rings. The smallest absolute Gasteiger partial charge is 0.259 e. The molecule has 3 aromatic rings. The highest BCUT2D eigenvalue weighted by atomic mass is 32.2. The van der Waals surface area contributed by atoms with Gasteiger partial charge in [0.05, 0.1) is 34.1 Å². The van der Waals surface area contributed by atoms with Gasteiger partial charge in [0.15, 0.2) is 9.84 Å². The van der Waals surface area contributed by atoms with Gasteiger partial charge in [-0.05, 0) is 49.1 Å². The van der Waals surface area contributed by atoms with E-state index in [2.05, 4.69) is 10.4 Å². The summed E-state index contributed by atoms with van der Waals surface area (Å²) in [4.78, 5) is 13.2. The van der Waals surface area contributed by atoms with Gasteiger partial charge in [-0.2, -0.15) is 5.10 Å². The number of carbonyl (C=O) groups is 1. The fraction of sp³-hybridized carbons (Fsp3) is 0.333. The molecule has 1 heterocycles. The lowest BCUT2D eigenvalue weighted by molar-refractivity contribution is 0.102. The van der Waals surface area contributed by atoms with Crippen LogP contribution >= 0.6 is 0 Å². The molecule has 0 saturated heterocycles. The second-order valence-electron chi connectivity index (χ2n) is 7.93. The van der Waals surface area contributed by atoms with E-state index in [0.717, 1.165) is 36.9 Å². The van der Waals surface area contributed by atoms with E-state index in [1.165, 1.54) is 0 Å². The van der Waals surface area contributed by atoms with Crippen molar-refractivity contribution < 1.29 is 13.2 Å². The topological polar surface area (TPSA) is 81.1 Å². The summed E-state index contributed by atoms with van der Waals surface area (Å²) in [5.74, 6) is -0.248. The minimum absolute atomic E-state index is 0.248. The van der Waals surface area contributed by atoms with Crippen LogP contribution in [0.3, 0.4) is 0 Å². The third-order valence-electron chi connectivity index (χ3n) is 5.89. The summed E-state index contributed by atoms with van der Waals surface area (Å²) in [5, 5.41) is 7.00. The molecule has 1 aliphatic rings. The zero-order chi connectivity index (χ0) is 21.8. The quantitative estimate of drug-likeness (QED) is 0.592. The maximum absolute atomic E-state index is 12.9. The number of rotatable bonds is 7. The molecule has 1 aliphatic carbocycles. The van der Waals surface area contributed by atoms with Crippen molar-refractivity contribution in [2.75, 3.05) is 5.32 Å². The van der Waals surface area contributed by atoms with Gasteiger partial charge < -0.3 is 5.32 Å². The Kier molecular flexibility index (Phi) is 6.23. The predicted octanol–water partition coefficient (Wildman–Crippen LogP) is 4.46. The molecule has 0 radical (unpaired) electrons. The average molecular weight is 438 g/mol. The Morgan fingerprint density at radius 2 is 1.74 bits per heavy atom. The number of amides is 1. The third-order valence-corrected chi connectivity index (χ3v) is 8.16. The molecule has 1 aromatic heterocycles. The number of nitrogens with one attached hydrogen (secondary N) is 1. The Morgan fingerprint density at radius 1 is 1.06 bits per heavy atom. The number of hydrogen-bond donors (Lipinski definition) is 1. The van der Waals surface area contributed by atoms with Gasteiger partial charge in [0, 0.05) is 5.69 Å². The van der Waals surface area contributed by atoms with Crippen LogP contribution in [0.4, 0.5) is 5.69 Å². The van der Waals surface area contributed by atoms with Crippen molar-refractivity contribution in [3.63, 3.8) is 0 Å². The van der Waals surface area contributed by atoms with Crippen molar-refractivity contribution in [3.05, 3.63) is 77.6 Å². The molecule has 0 unspecified atom stereocenters. The summed E-state index contributed by atoms with van der Waals surface area (Å²) in [7, 11) is -3.30. The van der Waals surface area contributed by atoms with E-state index in [1.54, 1.807) is 30.5 Å². The van der Waals surface area contributed by atoms with Gasteiger partial charge in [-0.15, -0.1) is 0 Å². The van der Waals surface area contributed by atoms with Gasteiger partial charge in [0.2, 0.25) is 0 Å². The van der Waals surface area contributed by atoms with Crippen LogP contribution < -0.4 is 5.32 Å². The number of carbonyl (C=O) groups excluding carboxylic acids is 1. The Bertz CT molecular complexity index is 1150. The molecule has 0 atom stereocenters. The Labute approximate surface area is 183 Å². The van der Waals surface area contributed by atoms with Gasteiger partial charge >= 0.3 is 0 Å². The lowest BCUT2D eigenvalue weighted by Gasteiger charge is -2.12. The highest BCUT2D eigenvalue weighted by molar-refractivity contribution is 7.92. The van der Waals surface area contributed by atoms with Crippen LogP contribution in [-0.2, 0) is 22.8 Å². The molecule has 2 aromatic carbocycles. The molecule has 7 heteroatoms. The van der Waals surface area contributed by atoms with Gasteiger partial charge in [-0.3, -0.25) is 9.48 Å². The lowest BCUT2D eigenvalue weighted by Crippen LogP contribution is -2.18. The van der Waals surface area contributed by atoms with Crippen LogP contribution in [0, 0.1) is 0 Å². The second-order valence-corrected chi connectivity index (χ2v) is 10.2. The van der Waals surface area contributed by atoms with Gasteiger partial charge in [0.1, 0.15) is 0 Å². The molecule has 0 aliphatic heterocycles. The molecular weight excluding hydrogens is 410 g/mol. The first kappa shape index (κ1) is 21.3. The average Bonchev–Trinajstić information content (AvgIpc) is 3.45. The maximum atomic E-state index is 12.9.